The highest BCUT2D eigenvalue weighted by Crippen LogP contribution is 2.30. The largest absolute Gasteiger partial charge is 0.467 e. The Kier molecular flexibility index (Phi) is 4.23. The highest BCUT2D eigenvalue weighted by molar-refractivity contribution is 5.93. The fourth-order valence-electron chi connectivity index (χ4n) is 3.23. The molecule has 1 aliphatic rings. The van der Waals surface area contributed by atoms with Gasteiger partial charge in [-0.3, -0.25) is 5.01 Å². The van der Waals surface area contributed by atoms with Gasteiger partial charge in [-0.25, -0.2) is 0 Å². The number of ether oxygens (including phenoxy) is 1. The number of piperazine rings is 1. The van der Waals surface area contributed by atoms with Gasteiger partial charge in [-0.05, 0) is 6.42 Å². The Morgan fingerprint density at radius 1 is 1.12 bits per heavy atom. The molecule has 0 bridgehead atoms. The maximum absolute atomic E-state index is 5.38. The van der Waals surface area contributed by atoms with Gasteiger partial charge in [0, 0.05) is 31.7 Å². The Hall–Kier alpha value is -2.67. The van der Waals surface area contributed by atoms with E-state index in [4.69, 9.17) is 9.84 Å². The van der Waals surface area contributed by atoms with E-state index in [1.807, 2.05) is 23.0 Å². The molecule has 0 aliphatic carbocycles. The summed E-state index contributed by atoms with van der Waals surface area (Å²) in [6, 6.07) is 10.5. The zero-order valence-corrected chi connectivity index (χ0v) is 14.6. The standard InChI is InChI=1S/C18H22N6O/c1-3-14-15-16(13-7-5-4-6-8-13)20-18(25-2)21-17(15)24(22-14)23-11-9-19-10-12-23/h4-8,19H,3,9-12H2,1-2H3. The fourth-order valence-corrected chi connectivity index (χ4v) is 3.23. The van der Waals surface area contributed by atoms with Crippen LogP contribution in [0.5, 0.6) is 6.01 Å². The van der Waals surface area contributed by atoms with Crippen LogP contribution in [0.15, 0.2) is 30.3 Å². The maximum Gasteiger partial charge on any atom is 0.318 e. The quantitative estimate of drug-likeness (QED) is 0.779. The minimum Gasteiger partial charge on any atom is -0.467 e. The van der Waals surface area contributed by atoms with Crippen LogP contribution in [0.3, 0.4) is 0 Å². The molecule has 3 aromatic rings. The molecule has 1 N–H and O–H groups in total. The number of nitrogens with zero attached hydrogens (tertiary/aromatic N) is 5. The molecule has 0 saturated carbocycles. The van der Waals surface area contributed by atoms with E-state index in [2.05, 4.69) is 39.4 Å². The number of benzene rings is 1. The highest BCUT2D eigenvalue weighted by atomic mass is 16.5. The zero-order chi connectivity index (χ0) is 17.2. The molecular weight excluding hydrogens is 316 g/mol. The lowest BCUT2D eigenvalue weighted by molar-refractivity contribution is 0.380. The van der Waals surface area contributed by atoms with Crippen LogP contribution >= 0.6 is 0 Å². The lowest BCUT2D eigenvalue weighted by atomic mass is 10.1. The van der Waals surface area contributed by atoms with Crippen LogP contribution in [0, 0.1) is 0 Å². The molecule has 130 valence electrons. The first-order chi connectivity index (χ1) is 12.3. The normalized spacial score (nSPS) is 14.9. The fraction of sp³-hybridized carbons (Fsp3) is 0.389. The predicted octanol–water partition coefficient (Wildman–Crippen LogP) is 1.61. The predicted molar refractivity (Wildman–Crippen MR) is 97.5 cm³/mol. The molecule has 0 atom stereocenters. The van der Waals surface area contributed by atoms with Gasteiger partial charge in [0.05, 0.1) is 23.9 Å². The summed E-state index contributed by atoms with van der Waals surface area (Å²) >= 11 is 0. The van der Waals surface area contributed by atoms with Crippen LogP contribution in [-0.4, -0.2) is 53.1 Å². The van der Waals surface area contributed by atoms with E-state index >= 15 is 0 Å². The second kappa shape index (κ2) is 6.68. The SMILES string of the molecule is CCc1nn(N2CCNCC2)c2nc(OC)nc(-c3ccccc3)c12. The molecule has 0 unspecified atom stereocenters. The molecule has 3 heterocycles. The Bertz CT molecular complexity index is 870. The summed E-state index contributed by atoms with van der Waals surface area (Å²) in [7, 11) is 1.60. The van der Waals surface area contributed by atoms with Gasteiger partial charge in [-0.15, -0.1) is 0 Å². The van der Waals surface area contributed by atoms with Crippen molar-refractivity contribution in [2.75, 3.05) is 38.3 Å². The number of aromatic nitrogens is 4. The lowest BCUT2D eigenvalue weighted by Gasteiger charge is -2.29. The molecule has 7 nitrogen and oxygen atoms in total. The van der Waals surface area contributed by atoms with Crippen LogP contribution in [0.1, 0.15) is 12.6 Å². The van der Waals surface area contributed by atoms with Gasteiger partial charge in [0.25, 0.3) is 0 Å². The average Bonchev–Trinajstić information content (AvgIpc) is 3.07. The smallest absolute Gasteiger partial charge is 0.318 e. The van der Waals surface area contributed by atoms with Crippen LogP contribution in [0.25, 0.3) is 22.3 Å². The summed E-state index contributed by atoms with van der Waals surface area (Å²) in [6.45, 7) is 5.79. The number of fused-ring (bicyclic) bond motifs is 1. The summed E-state index contributed by atoms with van der Waals surface area (Å²) in [5.74, 6) is 0. The lowest BCUT2D eigenvalue weighted by Crippen LogP contribution is -2.49. The molecule has 1 fully saturated rings. The third kappa shape index (κ3) is 2.80. The van der Waals surface area contributed by atoms with Gasteiger partial charge in [-0.2, -0.15) is 19.9 Å². The first kappa shape index (κ1) is 15.8. The van der Waals surface area contributed by atoms with Crippen molar-refractivity contribution in [3.05, 3.63) is 36.0 Å². The summed E-state index contributed by atoms with van der Waals surface area (Å²) in [5.41, 5.74) is 3.74. The Balaban J connectivity index is 1.97. The molecule has 4 rings (SSSR count). The van der Waals surface area contributed by atoms with Crippen molar-refractivity contribution in [2.24, 2.45) is 0 Å². The van der Waals surface area contributed by atoms with Crippen molar-refractivity contribution in [1.29, 1.82) is 0 Å². The summed E-state index contributed by atoms with van der Waals surface area (Å²) in [4.78, 5) is 11.2. The van der Waals surface area contributed by atoms with Crippen LogP contribution in [0.2, 0.25) is 0 Å². The van der Waals surface area contributed by atoms with E-state index in [9.17, 15) is 0 Å². The van der Waals surface area contributed by atoms with Gasteiger partial charge < -0.3 is 10.1 Å². The first-order valence-electron chi connectivity index (χ1n) is 8.66. The summed E-state index contributed by atoms with van der Waals surface area (Å²) in [5, 5.41) is 11.5. The molecule has 1 saturated heterocycles. The monoisotopic (exact) mass is 338 g/mol. The van der Waals surface area contributed by atoms with E-state index in [1.165, 1.54) is 0 Å². The van der Waals surface area contributed by atoms with E-state index in [1.54, 1.807) is 7.11 Å². The van der Waals surface area contributed by atoms with E-state index < -0.39 is 0 Å². The minimum absolute atomic E-state index is 0.366. The maximum atomic E-state index is 5.38. The van der Waals surface area contributed by atoms with Gasteiger partial charge >= 0.3 is 6.01 Å². The van der Waals surface area contributed by atoms with Gasteiger partial charge in [0.2, 0.25) is 0 Å². The van der Waals surface area contributed by atoms with Crippen molar-refractivity contribution >= 4 is 11.0 Å². The van der Waals surface area contributed by atoms with Crippen molar-refractivity contribution in [1.82, 2.24) is 25.2 Å². The number of nitrogens with one attached hydrogen (secondary N) is 1. The molecule has 1 aliphatic heterocycles. The number of aryl methyl sites for hydroxylation is 1. The van der Waals surface area contributed by atoms with E-state index in [0.29, 0.717) is 6.01 Å². The van der Waals surface area contributed by atoms with Gasteiger partial charge in [0.15, 0.2) is 5.65 Å². The minimum atomic E-state index is 0.366. The van der Waals surface area contributed by atoms with Crippen molar-refractivity contribution in [2.45, 2.75) is 13.3 Å². The first-order valence-corrected chi connectivity index (χ1v) is 8.66. The van der Waals surface area contributed by atoms with Crippen molar-refractivity contribution < 1.29 is 4.74 Å². The molecule has 25 heavy (non-hydrogen) atoms. The zero-order valence-electron chi connectivity index (χ0n) is 14.6. The molecule has 0 amide bonds. The topological polar surface area (TPSA) is 68.1 Å². The summed E-state index contributed by atoms with van der Waals surface area (Å²) in [6.07, 6.45) is 0.825. The number of hydrogen-bond acceptors (Lipinski definition) is 6. The van der Waals surface area contributed by atoms with Crippen molar-refractivity contribution in [3.63, 3.8) is 0 Å². The second-order valence-electron chi connectivity index (χ2n) is 6.02. The molecule has 0 spiro atoms. The Labute approximate surface area is 146 Å². The molecular formula is C18H22N6O. The third-order valence-corrected chi connectivity index (χ3v) is 4.49. The molecule has 7 heteroatoms. The van der Waals surface area contributed by atoms with Crippen LogP contribution < -0.4 is 15.1 Å². The number of methoxy groups -OCH3 is 1. The van der Waals surface area contributed by atoms with Crippen LogP contribution in [-0.2, 0) is 6.42 Å². The average molecular weight is 338 g/mol. The Morgan fingerprint density at radius 3 is 2.56 bits per heavy atom. The van der Waals surface area contributed by atoms with Gasteiger partial charge in [0.1, 0.15) is 0 Å². The Morgan fingerprint density at radius 2 is 1.88 bits per heavy atom. The van der Waals surface area contributed by atoms with Crippen molar-refractivity contribution in [3.8, 4) is 17.3 Å². The molecule has 2 aromatic heterocycles. The summed E-state index contributed by atoms with van der Waals surface area (Å²) < 4.78 is 5.38. The third-order valence-electron chi connectivity index (χ3n) is 4.49. The van der Waals surface area contributed by atoms with E-state index in [0.717, 1.165) is 60.6 Å². The number of rotatable bonds is 4. The molecule has 1 aromatic carbocycles. The van der Waals surface area contributed by atoms with Crippen LogP contribution in [0.4, 0.5) is 0 Å². The second-order valence-corrected chi connectivity index (χ2v) is 6.02. The highest BCUT2D eigenvalue weighted by Gasteiger charge is 2.22. The van der Waals surface area contributed by atoms with Gasteiger partial charge in [-0.1, -0.05) is 37.3 Å². The van der Waals surface area contributed by atoms with E-state index in [-0.39, 0.29) is 0 Å². The number of hydrogen-bond donors (Lipinski definition) is 1. The molecule has 0 radical (unpaired) electrons.